The molecule has 3 aromatic carbocycles. The molecule has 0 bridgehead atoms. The topological polar surface area (TPSA) is 58.6 Å². The summed E-state index contributed by atoms with van der Waals surface area (Å²) < 4.78 is 5.62. The lowest BCUT2D eigenvalue weighted by molar-refractivity contribution is -0.142. The first-order valence-corrected chi connectivity index (χ1v) is 10.9. The molecule has 7 heteroatoms. The molecule has 3 aromatic rings. The molecule has 3 rings (SSSR count). The molecule has 0 aliphatic carbocycles. The second-order valence-corrected chi connectivity index (χ2v) is 8.08. The summed E-state index contributed by atoms with van der Waals surface area (Å²) in [6.45, 7) is 2.03. The summed E-state index contributed by atoms with van der Waals surface area (Å²) >= 11 is 12.2. The van der Waals surface area contributed by atoms with Gasteiger partial charge in [0.15, 0.2) is 6.61 Å². The van der Waals surface area contributed by atoms with E-state index in [0.29, 0.717) is 15.8 Å². The summed E-state index contributed by atoms with van der Waals surface area (Å²) in [5.74, 6) is -0.000687. The van der Waals surface area contributed by atoms with Crippen molar-refractivity contribution in [2.24, 2.45) is 0 Å². The minimum Gasteiger partial charge on any atom is -0.484 e. The number of halogens is 2. The number of carbonyl (C=O) groups is 2. The first-order valence-electron chi connectivity index (χ1n) is 10.2. The van der Waals surface area contributed by atoms with Crippen LogP contribution in [0.1, 0.15) is 18.1 Å². The third kappa shape index (κ3) is 6.74. The third-order valence-corrected chi connectivity index (χ3v) is 5.57. The van der Waals surface area contributed by atoms with Crippen LogP contribution in [0.2, 0.25) is 10.0 Å². The van der Waals surface area contributed by atoms with E-state index in [4.69, 9.17) is 27.9 Å². The van der Waals surface area contributed by atoms with Gasteiger partial charge in [-0.2, -0.15) is 0 Å². The fourth-order valence-corrected chi connectivity index (χ4v) is 3.41. The van der Waals surface area contributed by atoms with E-state index in [1.54, 1.807) is 37.3 Å². The number of hydrogen-bond donors (Lipinski definition) is 1. The predicted molar refractivity (Wildman–Crippen MR) is 127 cm³/mol. The molecule has 0 aromatic heterocycles. The largest absolute Gasteiger partial charge is 0.484 e. The number of amides is 2. The van der Waals surface area contributed by atoms with Crippen molar-refractivity contribution >= 4 is 35.0 Å². The van der Waals surface area contributed by atoms with Crippen LogP contribution in [0.4, 0.5) is 0 Å². The normalized spacial score (nSPS) is 11.5. The van der Waals surface area contributed by atoms with Crippen LogP contribution in [-0.2, 0) is 22.7 Å². The van der Waals surface area contributed by atoms with Crippen molar-refractivity contribution in [3.05, 3.63) is 100 Å². The van der Waals surface area contributed by atoms with Crippen molar-refractivity contribution < 1.29 is 14.3 Å². The molecule has 2 amide bonds. The van der Waals surface area contributed by atoms with Gasteiger partial charge >= 0.3 is 0 Å². The van der Waals surface area contributed by atoms with E-state index in [0.717, 1.165) is 11.1 Å². The maximum Gasteiger partial charge on any atom is 0.261 e. The molecule has 0 saturated carbocycles. The van der Waals surface area contributed by atoms with Crippen LogP contribution in [0.25, 0.3) is 0 Å². The molecule has 32 heavy (non-hydrogen) atoms. The number of nitrogens with one attached hydrogen (secondary N) is 1. The van der Waals surface area contributed by atoms with Crippen molar-refractivity contribution in [3.63, 3.8) is 0 Å². The molecule has 0 spiro atoms. The van der Waals surface area contributed by atoms with Gasteiger partial charge in [0.25, 0.3) is 5.91 Å². The predicted octanol–water partition coefficient (Wildman–Crippen LogP) is 5.11. The Morgan fingerprint density at radius 1 is 0.938 bits per heavy atom. The Bertz CT molecular complexity index is 1040. The Labute approximate surface area is 197 Å². The number of hydrogen-bond acceptors (Lipinski definition) is 3. The van der Waals surface area contributed by atoms with Crippen LogP contribution in [0.5, 0.6) is 5.75 Å². The Morgan fingerprint density at radius 2 is 1.59 bits per heavy atom. The van der Waals surface area contributed by atoms with Gasteiger partial charge < -0.3 is 15.0 Å². The summed E-state index contributed by atoms with van der Waals surface area (Å²) in [5, 5.41) is 4.04. The Hall–Kier alpha value is -3.02. The molecule has 0 heterocycles. The Balaban J connectivity index is 1.70. The van der Waals surface area contributed by atoms with Crippen molar-refractivity contribution in [2.45, 2.75) is 26.1 Å². The van der Waals surface area contributed by atoms with Crippen LogP contribution in [0, 0.1) is 0 Å². The molecular weight excluding hydrogens is 447 g/mol. The van der Waals surface area contributed by atoms with E-state index in [1.165, 1.54) is 4.90 Å². The molecule has 166 valence electrons. The minimum atomic E-state index is -0.722. The fraction of sp³-hybridized carbons (Fsp3) is 0.200. The molecule has 0 fully saturated rings. The lowest BCUT2D eigenvalue weighted by Crippen LogP contribution is -2.48. The van der Waals surface area contributed by atoms with Crippen LogP contribution >= 0.6 is 23.2 Å². The van der Waals surface area contributed by atoms with Crippen LogP contribution in [-0.4, -0.2) is 29.4 Å². The fourth-order valence-electron chi connectivity index (χ4n) is 3.09. The number of carbonyl (C=O) groups excluding carboxylic acids is 2. The van der Waals surface area contributed by atoms with E-state index in [9.17, 15) is 9.59 Å². The molecule has 0 radical (unpaired) electrons. The molecule has 0 unspecified atom stereocenters. The zero-order valence-corrected chi connectivity index (χ0v) is 19.1. The highest BCUT2D eigenvalue weighted by molar-refractivity contribution is 6.31. The molecule has 0 aliphatic rings. The Kier molecular flexibility index (Phi) is 8.54. The zero-order valence-electron chi connectivity index (χ0n) is 17.6. The summed E-state index contributed by atoms with van der Waals surface area (Å²) in [5.41, 5.74) is 1.66. The van der Waals surface area contributed by atoms with Crippen molar-refractivity contribution in [1.82, 2.24) is 10.2 Å². The molecular formula is C25H24Cl2N2O3. The van der Waals surface area contributed by atoms with Gasteiger partial charge in [-0.1, -0.05) is 71.7 Å². The van der Waals surface area contributed by atoms with Gasteiger partial charge in [-0.3, -0.25) is 9.59 Å². The molecule has 1 atom stereocenters. The van der Waals surface area contributed by atoms with Crippen LogP contribution < -0.4 is 10.1 Å². The molecule has 5 nitrogen and oxygen atoms in total. The molecule has 0 aliphatic heterocycles. The zero-order chi connectivity index (χ0) is 22.9. The van der Waals surface area contributed by atoms with E-state index in [-0.39, 0.29) is 31.5 Å². The van der Waals surface area contributed by atoms with Gasteiger partial charge in [0.2, 0.25) is 5.91 Å². The maximum atomic E-state index is 13.0. The standard InChI is InChI=1S/C25H24Cl2N2O3/c1-18(25(31)28-15-20-7-5-6-10-23(20)27)29(16-19-11-13-21(26)14-12-19)24(30)17-32-22-8-3-2-4-9-22/h2-14,18H,15-17H2,1H3,(H,28,31)/t18-/m1/s1. The number of ether oxygens (including phenoxy) is 1. The second kappa shape index (κ2) is 11.6. The summed E-state index contributed by atoms with van der Waals surface area (Å²) in [7, 11) is 0. The maximum absolute atomic E-state index is 13.0. The number of rotatable bonds is 9. The van der Waals surface area contributed by atoms with Gasteiger partial charge in [-0.15, -0.1) is 0 Å². The monoisotopic (exact) mass is 470 g/mol. The highest BCUT2D eigenvalue weighted by Crippen LogP contribution is 2.17. The highest BCUT2D eigenvalue weighted by Gasteiger charge is 2.26. The Morgan fingerprint density at radius 3 is 2.28 bits per heavy atom. The van der Waals surface area contributed by atoms with Crippen molar-refractivity contribution in [2.75, 3.05) is 6.61 Å². The SMILES string of the molecule is C[C@H](C(=O)NCc1ccccc1Cl)N(Cc1ccc(Cl)cc1)C(=O)COc1ccccc1. The van der Waals surface area contributed by atoms with Gasteiger partial charge in [-0.25, -0.2) is 0 Å². The van der Waals surface area contributed by atoms with Crippen molar-refractivity contribution in [1.29, 1.82) is 0 Å². The average molecular weight is 471 g/mol. The smallest absolute Gasteiger partial charge is 0.261 e. The van der Waals surface area contributed by atoms with E-state index in [2.05, 4.69) is 5.32 Å². The lowest BCUT2D eigenvalue weighted by atomic mass is 10.1. The summed E-state index contributed by atoms with van der Waals surface area (Å²) in [6.07, 6.45) is 0. The first-order chi connectivity index (χ1) is 15.4. The quantitative estimate of drug-likeness (QED) is 0.472. The van der Waals surface area contributed by atoms with Gasteiger partial charge in [-0.05, 0) is 48.4 Å². The lowest BCUT2D eigenvalue weighted by Gasteiger charge is -2.29. The number of benzene rings is 3. The highest BCUT2D eigenvalue weighted by atomic mass is 35.5. The van der Waals surface area contributed by atoms with Crippen LogP contribution in [0.3, 0.4) is 0 Å². The van der Waals surface area contributed by atoms with E-state index >= 15 is 0 Å². The summed E-state index contributed by atoms with van der Waals surface area (Å²) in [4.78, 5) is 27.4. The summed E-state index contributed by atoms with van der Waals surface area (Å²) in [6, 6.07) is 22.8. The third-order valence-electron chi connectivity index (χ3n) is 4.95. The first kappa shape index (κ1) is 23.6. The second-order valence-electron chi connectivity index (χ2n) is 7.24. The van der Waals surface area contributed by atoms with E-state index < -0.39 is 6.04 Å². The number of para-hydroxylation sites is 1. The van der Waals surface area contributed by atoms with Gasteiger partial charge in [0.05, 0.1) is 0 Å². The average Bonchev–Trinajstić information content (AvgIpc) is 2.81. The minimum absolute atomic E-state index is 0.181. The van der Waals surface area contributed by atoms with Gasteiger partial charge in [0.1, 0.15) is 11.8 Å². The van der Waals surface area contributed by atoms with E-state index in [1.807, 2.05) is 48.5 Å². The van der Waals surface area contributed by atoms with Gasteiger partial charge in [0, 0.05) is 23.1 Å². The number of nitrogens with zero attached hydrogens (tertiary/aromatic N) is 1. The molecule has 1 N–H and O–H groups in total. The molecule has 0 saturated heterocycles. The van der Waals surface area contributed by atoms with Crippen molar-refractivity contribution in [3.8, 4) is 5.75 Å². The van der Waals surface area contributed by atoms with Crippen LogP contribution in [0.15, 0.2) is 78.9 Å².